The lowest BCUT2D eigenvalue weighted by atomic mass is 9.93. The number of halogens is 1. The number of hydrogen-bond donors (Lipinski definition) is 3. The molecule has 1 heterocycles. The first-order valence-corrected chi connectivity index (χ1v) is 9.12. The summed E-state index contributed by atoms with van der Waals surface area (Å²) in [6, 6.07) is 0. The summed E-state index contributed by atoms with van der Waals surface area (Å²) in [5.74, 6) is 1.62. The fourth-order valence-electron chi connectivity index (χ4n) is 2.95. The van der Waals surface area contributed by atoms with Crippen LogP contribution in [-0.4, -0.2) is 41.5 Å². The van der Waals surface area contributed by atoms with Crippen LogP contribution in [0.15, 0.2) is 9.52 Å². The zero-order valence-corrected chi connectivity index (χ0v) is 18.6. The molecule has 0 radical (unpaired) electrons. The number of aromatic nitrogens is 1. The van der Waals surface area contributed by atoms with Crippen LogP contribution in [0.3, 0.4) is 0 Å². The zero-order valence-electron chi connectivity index (χ0n) is 16.3. The van der Waals surface area contributed by atoms with Gasteiger partial charge in [0.25, 0.3) is 0 Å². The highest BCUT2D eigenvalue weighted by Crippen LogP contribution is 2.19. The van der Waals surface area contributed by atoms with Crippen LogP contribution in [0.25, 0.3) is 0 Å². The maximum Gasteiger partial charge on any atom is 0.191 e. The van der Waals surface area contributed by atoms with E-state index in [4.69, 9.17) is 4.52 Å². The van der Waals surface area contributed by atoms with E-state index in [0.717, 1.165) is 68.2 Å². The minimum Gasteiger partial charge on any atom is -0.388 e. The van der Waals surface area contributed by atoms with Gasteiger partial charge in [0.05, 0.1) is 17.8 Å². The topological polar surface area (TPSA) is 82.7 Å². The molecule has 3 N–H and O–H groups in total. The van der Waals surface area contributed by atoms with Crippen molar-refractivity contribution in [2.75, 3.05) is 19.6 Å². The Morgan fingerprint density at radius 3 is 2.28 bits per heavy atom. The van der Waals surface area contributed by atoms with Crippen molar-refractivity contribution < 1.29 is 9.63 Å². The molecule has 0 saturated heterocycles. The summed E-state index contributed by atoms with van der Waals surface area (Å²) >= 11 is 0. The standard InChI is InChI=1S/C18H34N4O2.HI/c1-6-10-18(23,11-7-2)13-21-17(19-8-3)20-12-9-16-14(4)22-24-15(16)5;/h23H,6-13H2,1-5H3,(H2,19,20,21);1H. The van der Waals surface area contributed by atoms with Crippen molar-refractivity contribution >= 4 is 29.9 Å². The molecule has 0 atom stereocenters. The van der Waals surface area contributed by atoms with Gasteiger partial charge in [0.2, 0.25) is 0 Å². The summed E-state index contributed by atoms with van der Waals surface area (Å²) in [7, 11) is 0. The molecule has 0 aliphatic heterocycles. The molecule has 1 aromatic rings. The molecular weight excluding hydrogens is 431 g/mol. The monoisotopic (exact) mass is 466 g/mol. The molecule has 146 valence electrons. The molecule has 7 heteroatoms. The van der Waals surface area contributed by atoms with Crippen molar-refractivity contribution in [3.8, 4) is 0 Å². The third kappa shape index (κ3) is 8.40. The highest BCUT2D eigenvalue weighted by Gasteiger charge is 2.24. The van der Waals surface area contributed by atoms with Gasteiger partial charge in [-0.05, 0) is 40.0 Å². The van der Waals surface area contributed by atoms with Gasteiger partial charge in [-0.15, -0.1) is 24.0 Å². The van der Waals surface area contributed by atoms with E-state index in [1.54, 1.807) is 0 Å². The van der Waals surface area contributed by atoms with Crippen LogP contribution in [0, 0.1) is 13.8 Å². The number of aryl methyl sites for hydroxylation is 2. The lowest BCUT2D eigenvalue weighted by Crippen LogP contribution is -2.40. The molecule has 0 unspecified atom stereocenters. The van der Waals surface area contributed by atoms with E-state index >= 15 is 0 Å². The molecular formula is C18H35IN4O2. The number of hydrogen-bond acceptors (Lipinski definition) is 4. The van der Waals surface area contributed by atoms with E-state index < -0.39 is 5.60 Å². The molecule has 1 aromatic heterocycles. The Hall–Kier alpha value is -0.830. The van der Waals surface area contributed by atoms with E-state index in [-0.39, 0.29) is 24.0 Å². The molecule has 0 fully saturated rings. The summed E-state index contributed by atoms with van der Waals surface area (Å²) in [5, 5.41) is 21.2. The maximum absolute atomic E-state index is 10.7. The van der Waals surface area contributed by atoms with Crippen molar-refractivity contribution in [3.05, 3.63) is 17.0 Å². The van der Waals surface area contributed by atoms with Gasteiger partial charge >= 0.3 is 0 Å². The molecule has 0 spiro atoms. The van der Waals surface area contributed by atoms with Crippen LogP contribution in [0.2, 0.25) is 0 Å². The molecule has 0 saturated carbocycles. The predicted molar refractivity (Wildman–Crippen MR) is 114 cm³/mol. The third-order valence-corrected chi connectivity index (χ3v) is 4.16. The SMILES string of the molecule is CCCC(O)(CCC)CN=C(NCC)NCCc1c(C)noc1C.I. The van der Waals surface area contributed by atoms with Crippen LogP contribution in [0.1, 0.15) is 63.5 Å². The zero-order chi connectivity index (χ0) is 18.0. The van der Waals surface area contributed by atoms with E-state index in [2.05, 4.69) is 34.6 Å². The van der Waals surface area contributed by atoms with Crippen molar-refractivity contribution in [1.29, 1.82) is 0 Å². The molecule has 0 amide bonds. The number of aliphatic hydroxyl groups is 1. The van der Waals surface area contributed by atoms with E-state index in [1.807, 2.05) is 20.8 Å². The van der Waals surface area contributed by atoms with Crippen molar-refractivity contribution in [1.82, 2.24) is 15.8 Å². The van der Waals surface area contributed by atoms with Crippen molar-refractivity contribution in [2.24, 2.45) is 4.99 Å². The summed E-state index contributed by atoms with van der Waals surface area (Å²) in [4.78, 5) is 4.59. The summed E-state index contributed by atoms with van der Waals surface area (Å²) in [6.07, 6.45) is 4.31. The molecule has 1 rings (SSSR count). The minimum absolute atomic E-state index is 0. The maximum atomic E-state index is 10.7. The quantitative estimate of drug-likeness (QED) is 0.280. The molecule has 0 aliphatic rings. The third-order valence-electron chi connectivity index (χ3n) is 4.16. The van der Waals surface area contributed by atoms with Crippen molar-refractivity contribution in [3.63, 3.8) is 0 Å². The first kappa shape index (κ1) is 24.2. The van der Waals surface area contributed by atoms with Gasteiger partial charge in [-0.3, -0.25) is 4.99 Å². The van der Waals surface area contributed by atoms with Gasteiger partial charge in [-0.25, -0.2) is 0 Å². The second-order valence-corrected chi connectivity index (χ2v) is 6.40. The second-order valence-electron chi connectivity index (χ2n) is 6.40. The summed E-state index contributed by atoms with van der Waals surface area (Å²) in [6.45, 7) is 12.1. The Labute approximate surface area is 169 Å². The van der Waals surface area contributed by atoms with Crippen LogP contribution in [0.5, 0.6) is 0 Å². The molecule has 6 nitrogen and oxygen atoms in total. The van der Waals surface area contributed by atoms with Gasteiger partial charge in [-0.1, -0.05) is 31.8 Å². The van der Waals surface area contributed by atoms with Crippen LogP contribution >= 0.6 is 24.0 Å². The Kier molecular flexibility index (Phi) is 12.1. The normalized spacial score (nSPS) is 12.0. The Bertz CT molecular complexity index is 492. The predicted octanol–water partition coefficient (Wildman–Crippen LogP) is 3.34. The first-order valence-electron chi connectivity index (χ1n) is 9.12. The van der Waals surface area contributed by atoms with Crippen LogP contribution in [-0.2, 0) is 6.42 Å². The average molecular weight is 466 g/mol. The number of nitrogens with one attached hydrogen (secondary N) is 2. The second kappa shape index (κ2) is 12.5. The number of nitrogens with zero attached hydrogens (tertiary/aromatic N) is 2. The smallest absolute Gasteiger partial charge is 0.191 e. The van der Waals surface area contributed by atoms with Gasteiger partial charge in [0.1, 0.15) is 5.76 Å². The van der Waals surface area contributed by atoms with Gasteiger partial charge in [0, 0.05) is 18.7 Å². The van der Waals surface area contributed by atoms with E-state index in [1.165, 1.54) is 0 Å². The van der Waals surface area contributed by atoms with Crippen molar-refractivity contribution in [2.45, 2.75) is 72.3 Å². The Morgan fingerprint density at radius 2 is 1.80 bits per heavy atom. The number of rotatable bonds is 10. The van der Waals surface area contributed by atoms with E-state index in [0.29, 0.717) is 6.54 Å². The fourth-order valence-corrected chi connectivity index (χ4v) is 2.95. The minimum atomic E-state index is -0.701. The molecule has 0 aromatic carbocycles. The average Bonchev–Trinajstić information content (AvgIpc) is 2.85. The molecule has 0 bridgehead atoms. The lowest BCUT2D eigenvalue weighted by Gasteiger charge is -2.26. The summed E-state index contributed by atoms with van der Waals surface area (Å²) < 4.78 is 5.19. The summed E-state index contributed by atoms with van der Waals surface area (Å²) in [5.41, 5.74) is 1.39. The van der Waals surface area contributed by atoms with Gasteiger partial charge in [0.15, 0.2) is 5.96 Å². The van der Waals surface area contributed by atoms with Gasteiger partial charge < -0.3 is 20.3 Å². The van der Waals surface area contributed by atoms with Crippen LogP contribution < -0.4 is 10.6 Å². The van der Waals surface area contributed by atoms with E-state index in [9.17, 15) is 5.11 Å². The number of aliphatic imine (C=N–C) groups is 1. The highest BCUT2D eigenvalue weighted by atomic mass is 127. The molecule has 0 aliphatic carbocycles. The largest absolute Gasteiger partial charge is 0.388 e. The highest BCUT2D eigenvalue weighted by molar-refractivity contribution is 14.0. The van der Waals surface area contributed by atoms with Crippen LogP contribution in [0.4, 0.5) is 0 Å². The molecule has 25 heavy (non-hydrogen) atoms. The lowest BCUT2D eigenvalue weighted by molar-refractivity contribution is 0.0306. The number of guanidine groups is 1. The Morgan fingerprint density at radius 1 is 1.16 bits per heavy atom. The Balaban J connectivity index is 0.00000576. The fraction of sp³-hybridized carbons (Fsp3) is 0.778. The first-order chi connectivity index (χ1) is 11.5. The van der Waals surface area contributed by atoms with Gasteiger partial charge in [-0.2, -0.15) is 0 Å².